The van der Waals surface area contributed by atoms with Gasteiger partial charge in [-0.3, -0.25) is 4.79 Å². The van der Waals surface area contributed by atoms with Gasteiger partial charge in [0.2, 0.25) is 0 Å². The van der Waals surface area contributed by atoms with Crippen LogP contribution in [0.2, 0.25) is 0 Å². The van der Waals surface area contributed by atoms with E-state index >= 15 is 0 Å². The highest BCUT2D eigenvalue weighted by atomic mass is 19.4. The van der Waals surface area contributed by atoms with Crippen molar-refractivity contribution in [2.24, 2.45) is 0 Å². The molecule has 1 aliphatic rings. The molecule has 0 unspecified atom stereocenters. The number of nitriles is 1. The van der Waals surface area contributed by atoms with E-state index in [0.717, 1.165) is 5.56 Å². The van der Waals surface area contributed by atoms with E-state index in [1.54, 1.807) is 36.1 Å². The summed E-state index contributed by atoms with van der Waals surface area (Å²) in [5, 5.41) is 8.93. The number of alkyl halides is 3. The number of nitrogens with zero attached hydrogens (tertiary/aromatic N) is 3. The number of nitrogens with one attached hydrogen (secondary N) is 1. The number of rotatable bonds is 6. The minimum absolute atomic E-state index is 0.160. The fourth-order valence-corrected chi connectivity index (χ4v) is 4.02. The number of hydrogen-bond acceptors (Lipinski definition) is 4. The summed E-state index contributed by atoms with van der Waals surface area (Å²) in [5.41, 5.74) is 1.63. The van der Waals surface area contributed by atoms with Crippen LogP contribution in [-0.4, -0.2) is 47.6 Å². The van der Waals surface area contributed by atoms with Gasteiger partial charge in [-0.25, -0.2) is 4.98 Å². The number of benzene rings is 2. The first-order valence-electron chi connectivity index (χ1n) is 10.8. The molecule has 0 saturated carbocycles. The second-order valence-corrected chi connectivity index (χ2v) is 8.32. The van der Waals surface area contributed by atoms with Crippen molar-refractivity contribution in [2.75, 3.05) is 26.8 Å². The molecule has 2 heterocycles. The van der Waals surface area contributed by atoms with E-state index in [0.29, 0.717) is 29.8 Å². The minimum Gasteiger partial charge on any atom is -0.384 e. The Morgan fingerprint density at radius 3 is 2.56 bits per heavy atom. The second kappa shape index (κ2) is 9.31. The van der Waals surface area contributed by atoms with Crippen molar-refractivity contribution in [3.8, 4) is 17.3 Å². The van der Waals surface area contributed by atoms with Crippen LogP contribution in [0.15, 0.2) is 42.5 Å². The van der Waals surface area contributed by atoms with Crippen LogP contribution in [0.5, 0.6) is 0 Å². The first kappa shape index (κ1) is 23.5. The van der Waals surface area contributed by atoms with Crippen LogP contribution in [0.4, 0.5) is 13.2 Å². The van der Waals surface area contributed by atoms with Crippen molar-refractivity contribution in [1.29, 1.82) is 5.26 Å². The molecule has 2 aromatic carbocycles. The quantitative estimate of drug-likeness (QED) is 0.568. The van der Waals surface area contributed by atoms with Crippen molar-refractivity contribution >= 4 is 5.91 Å². The predicted octanol–water partition coefficient (Wildman–Crippen LogP) is 4.70. The molecule has 0 atom stereocenters. The predicted molar refractivity (Wildman–Crippen MR) is 119 cm³/mol. The number of hydrogen-bond donors (Lipinski definition) is 1. The number of H-pyrrole nitrogens is 1. The van der Waals surface area contributed by atoms with Gasteiger partial charge in [0.15, 0.2) is 0 Å². The molecule has 4 rings (SSSR count). The Balaban J connectivity index is 1.56. The van der Waals surface area contributed by atoms with Gasteiger partial charge in [0, 0.05) is 43.7 Å². The number of aryl methyl sites for hydroxylation is 1. The van der Waals surface area contributed by atoms with Crippen LogP contribution in [0.1, 0.15) is 44.5 Å². The number of amides is 1. The SMILES string of the molecule is COCCc1nc(-c2cc(C(=O)N3CC(c4ccc(C#N)cc4)C3)ccc2C)c(C(F)(F)F)[nH]1. The molecular weight excluding hydrogens is 445 g/mol. The van der Waals surface area contributed by atoms with Gasteiger partial charge in [-0.15, -0.1) is 0 Å². The average Bonchev–Trinajstić information content (AvgIpc) is 3.22. The van der Waals surface area contributed by atoms with Crippen LogP contribution in [0, 0.1) is 18.3 Å². The summed E-state index contributed by atoms with van der Waals surface area (Å²) in [6, 6.07) is 14.1. The first-order chi connectivity index (χ1) is 16.2. The van der Waals surface area contributed by atoms with E-state index < -0.39 is 11.9 Å². The molecule has 3 aromatic rings. The Hall–Kier alpha value is -3.64. The molecule has 34 heavy (non-hydrogen) atoms. The van der Waals surface area contributed by atoms with E-state index in [4.69, 9.17) is 10.00 Å². The molecule has 1 aliphatic heterocycles. The number of halogens is 3. The number of methoxy groups -OCH3 is 1. The summed E-state index contributed by atoms with van der Waals surface area (Å²) < 4.78 is 46.1. The van der Waals surface area contributed by atoms with E-state index in [2.05, 4.69) is 16.0 Å². The number of aromatic amines is 1. The number of aromatic nitrogens is 2. The topological polar surface area (TPSA) is 82.0 Å². The summed E-state index contributed by atoms with van der Waals surface area (Å²) in [6.07, 6.45) is -4.41. The highest BCUT2D eigenvalue weighted by Gasteiger charge is 2.38. The van der Waals surface area contributed by atoms with E-state index in [1.807, 2.05) is 12.1 Å². The average molecular weight is 468 g/mol. The Morgan fingerprint density at radius 1 is 1.24 bits per heavy atom. The van der Waals surface area contributed by atoms with Gasteiger partial charge in [-0.2, -0.15) is 18.4 Å². The maximum absolute atomic E-state index is 13.7. The Labute approximate surface area is 195 Å². The molecule has 1 fully saturated rings. The molecule has 176 valence electrons. The number of ether oxygens (including phenoxy) is 1. The lowest BCUT2D eigenvalue weighted by atomic mass is 9.90. The van der Waals surface area contributed by atoms with Gasteiger partial charge < -0.3 is 14.6 Å². The zero-order chi connectivity index (χ0) is 24.5. The number of carbonyl (C=O) groups is 1. The van der Waals surface area contributed by atoms with Crippen LogP contribution >= 0.6 is 0 Å². The maximum Gasteiger partial charge on any atom is 0.433 e. The van der Waals surface area contributed by atoms with Crippen molar-refractivity contribution in [3.05, 3.63) is 76.2 Å². The summed E-state index contributed by atoms with van der Waals surface area (Å²) >= 11 is 0. The number of likely N-dealkylation sites (tertiary alicyclic amines) is 1. The fraction of sp³-hybridized carbons (Fsp3) is 0.320. The molecular formula is C25H23F3N4O2. The van der Waals surface area contributed by atoms with Gasteiger partial charge in [0.25, 0.3) is 5.91 Å². The third-order valence-corrected chi connectivity index (χ3v) is 6.00. The van der Waals surface area contributed by atoms with Crippen molar-refractivity contribution in [1.82, 2.24) is 14.9 Å². The van der Waals surface area contributed by atoms with Gasteiger partial charge in [-0.05, 0) is 42.3 Å². The van der Waals surface area contributed by atoms with Crippen LogP contribution < -0.4 is 0 Å². The summed E-state index contributed by atoms with van der Waals surface area (Å²) in [6.45, 7) is 2.94. The molecule has 9 heteroatoms. The molecule has 1 N–H and O–H groups in total. The van der Waals surface area contributed by atoms with Crippen LogP contribution in [0.25, 0.3) is 11.3 Å². The standard InChI is InChI=1S/C25H23F3N4O2/c1-15-3-6-18(24(33)32-13-19(14-32)17-7-4-16(12-29)5-8-17)11-20(15)22-23(25(26,27)28)31-21(30-22)9-10-34-2/h3-8,11,19H,9-10,13-14H2,1-2H3,(H,30,31). The van der Waals surface area contributed by atoms with Crippen molar-refractivity contribution < 1.29 is 22.7 Å². The molecule has 0 bridgehead atoms. The zero-order valence-electron chi connectivity index (χ0n) is 18.7. The molecule has 1 aromatic heterocycles. The minimum atomic E-state index is -4.62. The lowest BCUT2D eigenvalue weighted by Crippen LogP contribution is -2.48. The summed E-state index contributed by atoms with van der Waals surface area (Å²) in [4.78, 5) is 21.3. The zero-order valence-corrected chi connectivity index (χ0v) is 18.7. The van der Waals surface area contributed by atoms with Gasteiger partial charge >= 0.3 is 6.18 Å². The van der Waals surface area contributed by atoms with Crippen molar-refractivity contribution in [2.45, 2.75) is 25.4 Å². The maximum atomic E-state index is 13.7. The molecule has 1 saturated heterocycles. The Kier molecular flexibility index (Phi) is 6.44. The molecule has 6 nitrogen and oxygen atoms in total. The van der Waals surface area contributed by atoms with Gasteiger partial charge in [-0.1, -0.05) is 18.2 Å². The highest BCUT2D eigenvalue weighted by Crippen LogP contribution is 2.37. The van der Waals surface area contributed by atoms with Gasteiger partial charge in [0.1, 0.15) is 17.2 Å². The van der Waals surface area contributed by atoms with Crippen molar-refractivity contribution in [3.63, 3.8) is 0 Å². The molecule has 0 radical (unpaired) electrons. The highest BCUT2D eigenvalue weighted by molar-refractivity contribution is 5.96. The van der Waals surface area contributed by atoms with E-state index in [-0.39, 0.29) is 41.9 Å². The molecule has 1 amide bonds. The normalized spacial score (nSPS) is 14.1. The fourth-order valence-electron chi connectivity index (χ4n) is 4.02. The van der Waals surface area contributed by atoms with E-state index in [9.17, 15) is 18.0 Å². The lowest BCUT2D eigenvalue weighted by molar-refractivity contribution is -0.140. The third kappa shape index (κ3) is 4.68. The van der Waals surface area contributed by atoms with Crippen LogP contribution in [-0.2, 0) is 17.3 Å². The molecule has 0 aliphatic carbocycles. The van der Waals surface area contributed by atoms with E-state index in [1.165, 1.54) is 13.2 Å². The third-order valence-electron chi connectivity index (χ3n) is 6.00. The Morgan fingerprint density at radius 2 is 1.94 bits per heavy atom. The first-order valence-corrected chi connectivity index (χ1v) is 10.8. The lowest BCUT2D eigenvalue weighted by Gasteiger charge is -2.39. The number of imidazole rings is 1. The monoisotopic (exact) mass is 468 g/mol. The summed E-state index contributed by atoms with van der Waals surface area (Å²) in [5.74, 6) is 0.0938. The largest absolute Gasteiger partial charge is 0.433 e. The summed E-state index contributed by atoms with van der Waals surface area (Å²) in [7, 11) is 1.47. The molecule has 0 spiro atoms. The smallest absolute Gasteiger partial charge is 0.384 e. The van der Waals surface area contributed by atoms with Gasteiger partial charge in [0.05, 0.1) is 18.2 Å². The second-order valence-electron chi connectivity index (χ2n) is 8.32. The number of carbonyl (C=O) groups excluding carboxylic acids is 1. The van der Waals surface area contributed by atoms with Crippen LogP contribution in [0.3, 0.4) is 0 Å². The Bertz CT molecular complexity index is 1240.